The largest absolute Gasteiger partial charge is 0.448 e. The van der Waals surface area contributed by atoms with Gasteiger partial charge in [-0.2, -0.15) is 0 Å². The van der Waals surface area contributed by atoms with Crippen molar-refractivity contribution in [3.05, 3.63) is 23.1 Å². The van der Waals surface area contributed by atoms with Gasteiger partial charge in [0.2, 0.25) is 0 Å². The Hall–Kier alpha value is -0.510. The van der Waals surface area contributed by atoms with Crippen molar-refractivity contribution in [3.63, 3.8) is 0 Å². The van der Waals surface area contributed by atoms with Gasteiger partial charge < -0.3 is 15.3 Å². The summed E-state index contributed by atoms with van der Waals surface area (Å²) in [6.45, 7) is 0. The van der Waals surface area contributed by atoms with E-state index in [-0.39, 0.29) is 6.10 Å². The Morgan fingerprint density at radius 1 is 1.58 bits per heavy atom. The average Bonchev–Trinajstić information content (AvgIpc) is 2.33. The summed E-state index contributed by atoms with van der Waals surface area (Å²) in [5.41, 5.74) is 5.42. The van der Waals surface area contributed by atoms with E-state index >= 15 is 0 Å². The first-order valence-electron chi connectivity index (χ1n) is 3.83. The maximum absolute atomic E-state index is 9.10. The normalized spacial score (nSPS) is 34.8. The zero-order valence-corrected chi connectivity index (χ0v) is 7.21. The second-order valence-corrected chi connectivity index (χ2v) is 3.69. The number of nitrogens with two attached hydrogens (primary N) is 1. The summed E-state index contributed by atoms with van der Waals surface area (Å²) in [6.07, 6.45) is 0.812. The number of hydrogen-bond donors (Lipinski definition) is 2. The Labute approximate surface area is 75.1 Å². The molecule has 0 aliphatic heterocycles. The third-order valence-electron chi connectivity index (χ3n) is 2.26. The molecule has 0 amide bonds. The summed E-state index contributed by atoms with van der Waals surface area (Å²) in [6, 6.07) is 3.42. The number of halogens is 1. The fourth-order valence-electron chi connectivity index (χ4n) is 1.56. The Morgan fingerprint density at radius 2 is 2.25 bits per heavy atom. The van der Waals surface area contributed by atoms with Crippen molar-refractivity contribution in [3.8, 4) is 0 Å². The van der Waals surface area contributed by atoms with Crippen LogP contribution in [0.3, 0.4) is 0 Å². The molecule has 3 N–H and O–H groups in total. The highest BCUT2D eigenvalue weighted by Crippen LogP contribution is 2.40. The second-order valence-electron chi connectivity index (χ2n) is 3.32. The minimum atomic E-state index is -0.493. The molecule has 1 aliphatic carbocycles. The predicted octanol–water partition coefficient (Wildman–Crippen LogP) is 1.24. The standard InChI is InChI=1S/C8H10ClNO2/c9-7-2-1-6(12-7)8(10)3-5(11)4-8/h1-2,5,11H,3-4,10H2. The Bertz CT molecular complexity index is 291. The van der Waals surface area contributed by atoms with Gasteiger partial charge in [0.05, 0.1) is 11.6 Å². The summed E-state index contributed by atoms with van der Waals surface area (Å²) < 4.78 is 5.17. The molecule has 0 radical (unpaired) electrons. The van der Waals surface area contributed by atoms with Crippen LogP contribution in [0, 0.1) is 0 Å². The van der Waals surface area contributed by atoms with Crippen LogP contribution in [0.5, 0.6) is 0 Å². The molecular formula is C8H10ClNO2. The molecule has 4 heteroatoms. The van der Waals surface area contributed by atoms with Gasteiger partial charge in [0.1, 0.15) is 5.76 Å². The van der Waals surface area contributed by atoms with Gasteiger partial charge in [-0.15, -0.1) is 0 Å². The number of aliphatic hydroxyl groups excluding tert-OH is 1. The third-order valence-corrected chi connectivity index (χ3v) is 2.47. The minimum Gasteiger partial charge on any atom is -0.448 e. The van der Waals surface area contributed by atoms with Crippen LogP contribution in [0.1, 0.15) is 18.6 Å². The first-order valence-corrected chi connectivity index (χ1v) is 4.21. The van der Waals surface area contributed by atoms with Crippen LogP contribution < -0.4 is 5.73 Å². The topological polar surface area (TPSA) is 59.4 Å². The molecule has 1 saturated carbocycles. The lowest BCUT2D eigenvalue weighted by molar-refractivity contribution is 0.0102. The zero-order chi connectivity index (χ0) is 8.77. The smallest absolute Gasteiger partial charge is 0.193 e. The molecule has 12 heavy (non-hydrogen) atoms. The van der Waals surface area contributed by atoms with E-state index in [0.29, 0.717) is 23.8 Å². The minimum absolute atomic E-state index is 0.293. The van der Waals surface area contributed by atoms with E-state index < -0.39 is 5.54 Å². The van der Waals surface area contributed by atoms with Crippen LogP contribution in [0.2, 0.25) is 5.22 Å². The van der Waals surface area contributed by atoms with Crippen LogP contribution in [0.25, 0.3) is 0 Å². The van der Waals surface area contributed by atoms with E-state index in [1.807, 2.05) is 0 Å². The molecule has 0 bridgehead atoms. The summed E-state index contributed by atoms with van der Waals surface area (Å²) in [5.74, 6) is 0.665. The van der Waals surface area contributed by atoms with Gasteiger partial charge in [-0.05, 0) is 36.6 Å². The number of rotatable bonds is 1. The lowest BCUT2D eigenvalue weighted by Gasteiger charge is -2.40. The summed E-state index contributed by atoms with van der Waals surface area (Å²) in [5, 5.41) is 9.44. The Morgan fingerprint density at radius 3 is 2.67 bits per heavy atom. The Kier molecular flexibility index (Phi) is 1.68. The van der Waals surface area contributed by atoms with Crippen LogP contribution in [-0.2, 0) is 5.54 Å². The monoisotopic (exact) mass is 187 g/mol. The number of aliphatic hydroxyl groups is 1. The Balaban J connectivity index is 2.20. The van der Waals surface area contributed by atoms with E-state index in [2.05, 4.69) is 0 Å². The van der Waals surface area contributed by atoms with E-state index in [9.17, 15) is 0 Å². The van der Waals surface area contributed by atoms with Crippen LogP contribution >= 0.6 is 11.6 Å². The fraction of sp³-hybridized carbons (Fsp3) is 0.500. The second kappa shape index (κ2) is 2.49. The zero-order valence-electron chi connectivity index (χ0n) is 6.46. The van der Waals surface area contributed by atoms with Crippen molar-refractivity contribution in [1.29, 1.82) is 0 Å². The van der Waals surface area contributed by atoms with Crippen molar-refractivity contribution in [2.45, 2.75) is 24.5 Å². The van der Waals surface area contributed by atoms with Crippen molar-refractivity contribution in [2.75, 3.05) is 0 Å². The van der Waals surface area contributed by atoms with Gasteiger partial charge in [0.25, 0.3) is 0 Å². The number of furan rings is 1. The molecule has 0 spiro atoms. The molecule has 1 heterocycles. The SMILES string of the molecule is NC1(c2ccc(Cl)o2)CC(O)C1. The molecular weight excluding hydrogens is 178 g/mol. The summed E-state index contributed by atoms with van der Waals surface area (Å²) >= 11 is 5.60. The molecule has 0 unspecified atom stereocenters. The lowest BCUT2D eigenvalue weighted by Crippen LogP contribution is -2.51. The highest BCUT2D eigenvalue weighted by Gasteiger charge is 2.43. The van der Waals surface area contributed by atoms with Crippen LogP contribution in [-0.4, -0.2) is 11.2 Å². The predicted molar refractivity (Wildman–Crippen MR) is 44.8 cm³/mol. The molecule has 0 atom stereocenters. The van der Waals surface area contributed by atoms with Crippen molar-refractivity contribution < 1.29 is 9.52 Å². The van der Waals surface area contributed by atoms with E-state index in [1.165, 1.54) is 0 Å². The van der Waals surface area contributed by atoms with E-state index in [4.69, 9.17) is 26.9 Å². The molecule has 1 fully saturated rings. The molecule has 66 valence electrons. The molecule has 0 saturated heterocycles. The molecule has 1 aromatic heterocycles. The van der Waals surface area contributed by atoms with Gasteiger partial charge >= 0.3 is 0 Å². The third kappa shape index (κ3) is 1.14. The summed E-state index contributed by atoms with van der Waals surface area (Å²) in [7, 11) is 0. The average molecular weight is 188 g/mol. The maximum atomic E-state index is 9.10. The first kappa shape index (κ1) is 8.10. The van der Waals surface area contributed by atoms with Gasteiger partial charge in [-0.3, -0.25) is 0 Å². The van der Waals surface area contributed by atoms with Crippen molar-refractivity contribution >= 4 is 11.6 Å². The highest BCUT2D eigenvalue weighted by atomic mass is 35.5. The molecule has 3 nitrogen and oxygen atoms in total. The molecule has 0 aromatic carbocycles. The molecule has 1 aliphatic rings. The fourth-order valence-corrected chi connectivity index (χ4v) is 1.71. The van der Waals surface area contributed by atoms with Gasteiger partial charge in [-0.1, -0.05) is 0 Å². The van der Waals surface area contributed by atoms with Gasteiger partial charge in [0.15, 0.2) is 5.22 Å². The van der Waals surface area contributed by atoms with Gasteiger partial charge in [0, 0.05) is 0 Å². The van der Waals surface area contributed by atoms with Crippen LogP contribution in [0.4, 0.5) is 0 Å². The van der Waals surface area contributed by atoms with Gasteiger partial charge in [-0.25, -0.2) is 0 Å². The highest BCUT2D eigenvalue weighted by molar-refractivity contribution is 6.28. The maximum Gasteiger partial charge on any atom is 0.193 e. The number of hydrogen-bond acceptors (Lipinski definition) is 3. The quantitative estimate of drug-likeness (QED) is 0.696. The first-order chi connectivity index (χ1) is 5.60. The van der Waals surface area contributed by atoms with Crippen molar-refractivity contribution in [2.24, 2.45) is 5.73 Å². The molecule has 1 aromatic rings. The van der Waals surface area contributed by atoms with E-state index in [0.717, 1.165) is 0 Å². The van der Waals surface area contributed by atoms with Crippen molar-refractivity contribution in [1.82, 2.24) is 0 Å². The van der Waals surface area contributed by atoms with Crippen LogP contribution in [0.15, 0.2) is 16.5 Å². The summed E-state index contributed by atoms with van der Waals surface area (Å²) in [4.78, 5) is 0. The van der Waals surface area contributed by atoms with E-state index in [1.54, 1.807) is 12.1 Å². The molecule has 2 rings (SSSR count). The lowest BCUT2D eigenvalue weighted by atomic mass is 9.73.